The first-order valence-corrected chi connectivity index (χ1v) is 11.9. The van der Waals surface area contributed by atoms with E-state index in [-0.39, 0.29) is 11.8 Å². The van der Waals surface area contributed by atoms with E-state index in [1.54, 1.807) is 24.3 Å². The van der Waals surface area contributed by atoms with Crippen molar-refractivity contribution in [2.45, 2.75) is 65.2 Å². The van der Waals surface area contributed by atoms with Crippen LogP contribution >= 0.6 is 23.2 Å². The van der Waals surface area contributed by atoms with Gasteiger partial charge in [-0.3, -0.25) is 9.59 Å². The molecule has 0 aliphatic rings. The van der Waals surface area contributed by atoms with Crippen LogP contribution in [0.2, 0.25) is 10.0 Å². The number of hydrazone groups is 1. The van der Waals surface area contributed by atoms with Gasteiger partial charge in [-0.25, -0.2) is 5.43 Å². The summed E-state index contributed by atoms with van der Waals surface area (Å²) in [6, 6.07) is 11.9. The van der Waals surface area contributed by atoms with Crippen LogP contribution in [-0.2, 0) is 4.79 Å². The highest BCUT2D eigenvalue weighted by Crippen LogP contribution is 2.22. The van der Waals surface area contributed by atoms with Crippen LogP contribution in [0, 0.1) is 0 Å². The SMILES string of the molecule is CCCCCCCCCC(=O)N/N=C(/C)c1ccc(NC(=O)c2ccc(Cl)cc2Cl)cc1. The molecular formula is C25H31Cl2N3O2. The second-order valence-electron chi connectivity index (χ2n) is 7.76. The molecule has 2 amide bonds. The number of anilines is 1. The van der Waals surface area contributed by atoms with Gasteiger partial charge in [0.15, 0.2) is 0 Å². The minimum atomic E-state index is -0.317. The molecule has 0 bridgehead atoms. The van der Waals surface area contributed by atoms with E-state index in [2.05, 4.69) is 22.8 Å². The zero-order valence-corrected chi connectivity index (χ0v) is 20.2. The topological polar surface area (TPSA) is 70.6 Å². The first-order chi connectivity index (χ1) is 15.4. The summed E-state index contributed by atoms with van der Waals surface area (Å²) in [5, 5.41) is 7.76. The summed E-state index contributed by atoms with van der Waals surface area (Å²) in [6.45, 7) is 4.04. The Morgan fingerprint density at radius 1 is 0.906 bits per heavy atom. The molecule has 2 aromatic rings. The average molecular weight is 476 g/mol. The monoisotopic (exact) mass is 475 g/mol. The fourth-order valence-electron chi connectivity index (χ4n) is 3.18. The van der Waals surface area contributed by atoms with E-state index >= 15 is 0 Å². The molecule has 0 aliphatic heterocycles. The van der Waals surface area contributed by atoms with E-state index in [1.807, 2.05) is 19.1 Å². The Morgan fingerprint density at radius 3 is 2.22 bits per heavy atom. The second kappa shape index (κ2) is 13.9. The molecule has 0 fully saturated rings. The fraction of sp³-hybridized carbons (Fsp3) is 0.400. The summed E-state index contributed by atoms with van der Waals surface area (Å²) >= 11 is 12.0. The first kappa shape index (κ1) is 25.9. The van der Waals surface area contributed by atoms with Crippen molar-refractivity contribution in [3.05, 3.63) is 63.6 Å². The van der Waals surface area contributed by atoms with Gasteiger partial charge < -0.3 is 5.32 Å². The van der Waals surface area contributed by atoms with Crippen molar-refractivity contribution in [3.8, 4) is 0 Å². The number of unbranched alkanes of at least 4 members (excludes halogenated alkanes) is 6. The Bertz CT molecular complexity index is 927. The molecule has 0 aromatic heterocycles. The summed E-state index contributed by atoms with van der Waals surface area (Å²) < 4.78 is 0. The van der Waals surface area contributed by atoms with Crippen molar-refractivity contribution in [2.24, 2.45) is 5.10 Å². The van der Waals surface area contributed by atoms with E-state index in [0.717, 1.165) is 18.4 Å². The lowest BCUT2D eigenvalue weighted by Gasteiger charge is -2.08. The lowest BCUT2D eigenvalue weighted by atomic mass is 10.1. The van der Waals surface area contributed by atoms with Crippen molar-refractivity contribution in [3.63, 3.8) is 0 Å². The molecule has 32 heavy (non-hydrogen) atoms. The molecule has 0 heterocycles. The maximum atomic E-state index is 12.4. The van der Waals surface area contributed by atoms with Crippen molar-refractivity contribution in [2.75, 3.05) is 5.32 Å². The van der Waals surface area contributed by atoms with Crippen LogP contribution in [0.3, 0.4) is 0 Å². The van der Waals surface area contributed by atoms with Gasteiger partial charge in [0.05, 0.1) is 16.3 Å². The number of halogens is 2. The molecule has 0 spiro atoms. The minimum absolute atomic E-state index is 0.0679. The maximum Gasteiger partial charge on any atom is 0.257 e. The van der Waals surface area contributed by atoms with Gasteiger partial charge >= 0.3 is 0 Å². The first-order valence-electron chi connectivity index (χ1n) is 11.1. The van der Waals surface area contributed by atoms with Crippen LogP contribution in [0.25, 0.3) is 0 Å². The van der Waals surface area contributed by atoms with Crippen molar-refractivity contribution >= 4 is 46.4 Å². The van der Waals surface area contributed by atoms with Gasteiger partial charge in [-0.15, -0.1) is 0 Å². The Labute approximate surface area is 200 Å². The van der Waals surface area contributed by atoms with E-state index in [1.165, 1.54) is 38.2 Å². The third kappa shape index (κ3) is 9.01. The molecule has 2 N–H and O–H groups in total. The maximum absolute atomic E-state index is 12.4. The summed E-state index contributed by atoms with van der Waals surface area (Å²) in [6.07, 6.45) is 8.70. The predicted molar refractivity (Wildman–Crippen MR) is 134 cm³/mol. The smallest absolute Gasteiger partial charge is 0.257 e. The van der Waals surface area contributed by atoms with Crippen molar-refractivity contribution < 1.29 is 9.59 Å². The average Bonchev–Trinajstić information content (AvgIpc) is 2.77. The summed E-state index contributed by atoms with van der Waals surface area (Å²) in [7, 11) is 0. The lowest BCUT2D eigenvalue weighted by Crippen LogP contribution is -2.18. The van der Waals surface area contributed by atoms with Gasteiger partial charge in [0, 0.05) is 17.1 Å². The molecule has 2 rings (SSSR count). The number of amides is 2. The summed E-state index contributed by atoms with van der Waals surface area (Å²) in [5.74, 6) is -0.385. The summed E-state index contributed by atoms with van der Waals surface area (Å²) in [5.41, 5.74) is 5.14. The number of hydrogen-bond donors (Lipinski definition) is 2. The van der Waals surface area contributed by atoms with Crippen LogP contribution in [-0.4, -0.2) is 17.5 Å². The van der Waals surface area contributed by atoms with Gasteiger partial charge in [-0.05, 0) is 49.2 Å². The number of rotatable bonds is 12. The molecule has 7 heteroatoms. The Morgan fingerprint density at radius 2 is 1.56 bits per heavy atom. The van der Waals surface area contributed by atoms with Gasteiger partial charge in [0.25, 0.3) is 5.91 Å². The molecule has 0 radical (unpaired) electrons. The molecule has 0 saturated carbocycles. The van der Waals surface area contributed by atoms with Gasteiger partial charge in [-0.1, -0.05) is 80.8 Å². The van der Waals surface area contributed by atoms with Crippen LogP contribution in [0.1, 0.15) is 81.1 Å². The number of nitrogens with one attached hydrogen (secondary N) is 2. The zero-order valence-electron chi connectivity index (χ0n) is 18.7. The summed E-state index contributed by atoms with van der Waals surface area (Å²) in [4.78, 5) is 24.4. The van der Waals surface area contributed by atoms with Crippen molar-refractivity contribution in [1.29, 1.82) is 0 Å². The number of benzene rings is 2. The Balaban J connectivity index is 1.79. The minimum Gasteiger partial charge on any atom is -0.322 e. The standard InChI is InChI=1S/C25H31Cl2N3O2/c1-3-4-5-6-7-8-9-10-24(31)30-29-18(2)19-11-14-21(15-12-19)28-25(32)22-16-13-20(26)17-23(22)27/h11-17H,3-10H2,1-2H3,(H,28,32)(H,30,31)/b29-18-. The normalized spacial score (nSPS) is 11.3. The van der Waals surface area contributed by atoms with Gasteiger partial charge in [0.1, 0.15) is 0 Å². The third-order valence-electron chi connectivity index (χ3n) is 5.09. The fourth-order valence-corrected chi connectivity index (χ4v) is 3.67. The second-order valence-corrected chi connectivity index (χ2v) is 8.60. The van der Waals surface area contributed by atoms with Gasteiger partial charge in [-0.2, -0.15) is 5.10 Å². The number of hydrogen-bond acceptors (Lipinski definition) is 3. The Hall–Kier alpha value is -2.37. The lowest BCUT2D eigenvalue weighted by molar-refractivity contribution is -0.121. The predicted octanol–water partition coefficient (Wildman–Crippen LogP) is 7.23. The van der Waals surface area contributed by atoms with Crippen LogP contribution < -0.4 is 10.7 Å². The van der Waals surface area contributed by atoms with Crippen LogP contribution in [0.15, 0.2) is 47.6 Å². The Kier molecular flexibility index (Phi) is 11.3. The van der Waals surface area contributed by atoms with Gasteiger partial charge in [0.2, 0.25) is 5.91 Å². The molecular weight excluding hydrogens is 445 g/mol. The third-order valence-corrected chi connectivity index (χ3v) is 5.64. The molecule has 0 atom stereocenters. The largest absolute Gasteiger partial charge is 0.322 e. The highest BCUT2D eigenvalue weighted by atomic mass is 35.5. The molecule has 0 saturated heterocycles. The molecule has 0 unspecified atom stereocenters. The van der Waals surface area contributed by atoms with E-state index in [9.17, 15) is 9.59 Å². The molecule has 2 aromatic carbocycles. The number of carbonyl (C=O) groups is 2. The van der Waals surface area contributed by atoms with E-state index in [0.29, 0.717) is 33.4 Å². The molecule has 5 nitrogen and oxygen atoms in total. The molecule has 172 valence electrons. The van der Waals surface area contributed by atoms with E-state index < -0.39 is 0 Å². The highest BCUT2D eigenvalue weighted by Gasteiger charge is 2.11. The highest BCUT2D eigenvalue weighted by molar-refractivity contribution is 6.37. The van der Waals surface area contributed by atoms with Crippen molar-refractivity contribution in [1.82, 2.24) is 5.43 Å². The molecule has 0 aliphatic carbocycles. The number of carbonyl (C=O) groups excluding carboxylic acids is 2. The van der Waals surface area contributed by atoms with E-state index in [4.69, 9.17) is 23.2 Å². The van der Waals surface area contributed by atoms with Crippen LogP contribution in [0.5, 0.6) is 0 Å². The van der Waals surface area contributed by atoms with Crippen LogP contribution in [0.4, 0.5) is 5.69 Å². The zero-order chi connectivity index (χ0) is 23.3. The number of nitrogens with zero attached hydrogens (tertiary/aromatic N) is 1. The quantitative estimate of drug-likeness (QED) is 0.193.